The van der Waals surface area contributed by atoms with Crippen molar-refractivity contribution >= 4 is 15.7 Å². The molecule has 0 amide bonds. The van der Waals surface area contributed by atoms with Gasteiger partial charge in [-0.25, -0.2) is 13.6 Å². The first-order chi connectivity index (χ1) is 8.55. The summed E-state index contributed by atoms with van der Waals surface area (Å²) in [5.74, 6) is 0.725. The summed E-state index contributed by atoms with van der Waals surface area (Å²) < 4.78 is 22.4. The van der Waals surface area contributed by atoms with Gasteiger partial charge in [0.2, 0.25) is 10.0 Å². The van der Waals surface area contributed by atoms with E-state index in [1.807, 2.05) is 12.1 Å². The van der Waals surface area contributed by atoms with Crippen LogP contribution in [0, 0.1) is 5.92 Å². The zero-order chi connectivity index (χ0) is 12.8. The van der Waals surface area contributed by atoms with E-state index in [-0.39, 0.29) is 4.90 Å². The van der Waals surface area contributed by atoms with Crippen molar-refractivity contribution in [1.29, 1.82) is 0 Å². The van der Waals surface area contributed by atoms with Crippen LogP contribution in [0.4, 0.5) is 5.69 Å². The Morgan fingerprint density at radius 1 is 1.22 bits per heavy atom. The third-order valence-corrected chi connectivity index (χ3v) is 4.87. The highest BCUT2D eigenvalue weighted by Crippen LogP contribution is 2.32. The van der Waals surface area contributed by atoms with E-state index in [1.165, 1.54) is 6.42 Å². The van der Waals surface area contributed by atoms with Gasteiger partial charge in [0.15, 0.2) is 0 Å². The first-order valence-corrected chi connectivity index (χ1v) is 7.70. The Morgan fingerprint density at radius 2 is 1.94 bits per heavy atom. The van der Waals surface area contributed by atoms with Crippen LogP contribution in [0.25, 0.3) is 0 Å². The van der Waals surface area contributed by atoms with Gasteiger partial charge in [-0.1, -0.05) is 0 Å². The lowest BCUT2D eigenvalue weighted by molar-refractivity contribution is 0.578. The number of nitrogens with one attached hydrogen (secondary N) is 1. The summed E-state index contributed by atoms with van der Waals surface area (Å²) in [5.41, 5.74) is 1.08. The van der Waals surface area contributed by atoms with Gasteiger partial charge in [-0.2, -0.15) is 0 Å². The Balaban J connectivity index is 1.85. The van der Waals surface area contributed by atoms with Crippen LogP contribution in [0.15, 0.2) is 29.2 Å². The Kier molecular flexibility index (Phi) is 2.80. The van der Waals surface area contributed by atoms with Gasteiger partial charge < -0.3 is 10.2 Å². The minimum absolute atomic E-state index is 0.173. The van der Waals surface area contributed by atoms with E-state index >= 15 is 0 Å². The summed E-state index contributed by atoms with van der Waals surface area (Å²) in [7, 11) is -3.59. The van der Waals surface area contributed by atoms with E-state index in [0.29, 0.717) is 6.04 Å². The number of primary sulfonamides is 1. The Hall–Kier alpha value is -1.11. The largest absolute Gasteiger partial charge is 0.367 e. The molecule has 0 bridgehead atoms. The third-order valence-electron chi connectivity index (χ3n) is 3.94. The van der Waals surface area contributed by atoms with Crippen molar-refractivity contribution in [1.82, 2.24) is 5.32 Å². The van der Waals surface area contributed by atoms with Crippen LogP contribution in [0.5, 0.6) is 0 Å². The van der Waals surface area contributed by atoms with E-state index in [9.17, 15) is 8.42 Å². The van der Waals surface area contributed by atoms with Gasteiger partial charge in [0.05, 0.1) is 4.90 Å². The Bertz CT molecular complexity index is 541. The highest BCUT2D eigenvalue weighted by atomic mass is 32.2. The summed E-state index contributed by atoms with van der Waals surface area (Å²) in [4.78, 5) is 2.53. The second-order valence-corrected chi connectivity index (χ2v) is 6.57. The first kappa shape index (κ1) is 12.0. The van der Waals surface area contributed by atoms with Gasteiger partial charge in [-0.15, -0.1) is 0 Å². The Morgan fingerprint density at radius 3 is 2.61 bits per heavy atom. The second kappa shape index (κ2) is 4.22. The quantitative estimate of drug-likeness (QED) is 0.799. The number of sulfonamides is 1. The minimum atomic E-state index is -3.59. The van der Waals surface area contributed by atoms with Gasteiger partial charge in [0.1, 0.15) is 0 Å². The van der Waals surface area contributed by atoms with Gasteiger partial charge in [0.25, 0.3) is 0 Å². The van der Waals surface area contributed by atoms with Gasteiger partial charge >= 0.3 is 0 Å². The van der Waals surface area contributed by atoms with Crippen molar-refractivity contribution in [2.75, 3.05) is 24.5 Å². The molecule has 3 rings (SSSR count). The molecule has 6 heteroatoms. The smallest absolute Gasteiger partial charge is 0.238 e. The van der Waals surface area contributed by atoms with Crippen LogP contribution in [0.3, 0.4) is 0 Å². The van der Waals surface area contributed by atoms with E-state index in [2.05, 4.69) is 10.2 Å². The predicted octanol–water partition coefficient (Wildman–Crippen LogP) is 0.132. The molecule has 0 spiro atoms. The van der Waals surface area contributed by atoms with Crippen molar-refractivity contribution in [2.24, 2.45) is 11.1 Å². The van der Waals surface area contributed by atoms with Crippen LogP contribution in [0.2, 0.25) is 0 Å². The molecule has 5 nitrogen and oxygen atoms in total. The highest BCUT2D eigenvalue weighted by molar-refractivity contribution is 7.89. The van der Waals surface area contributed by atoms with E-state index in [0.717, 1.165) is 31.2 Å². The number of nitrogens with two attached hydrogens (primary N) is 1. The fourth-order valence-electron chi connectivity index (χ4n) is 3.00. The lowest BCUT2D eigenvalue weighted by Crippen LogP contribution is -2.34. The summed E-state index contributed by atoms with van der Waals surface area (Å²) >= 11 is 0. The first-order valence-electron chi connectivity index (χ1n) is 6.16. The monoisotopic (exact) mass is 267 g/mol. The highest BCUT2D eigenvalue weighted by Gasteiger charge is 2.37. The third kappa shape index (κ3) is 2.00. The number of benzene rings is 1. The molecule has 2 atom stereocenters. The SMILES string of the molecule is NS(=O)(=O)c1ccc(N2CC[C@H]3CNC[C@H]32)cc1. The van der Waals surface area contributed by atoms with Gasteiger partial charge in [-0.3, -0.25) is 0 Å². The summed E-state index contributed by atoms with van der Waals surface area (Å²) in [6.07, 6.45) is 1.20. The van der Waals surface area contributed by atoms with Crippen LogP contribution < -0.4 is 15.4 Å². The molecular weight excluding hydrogens is 250 g/mol. The lowest BCUT2D eigenvalue weighted by Gasteiger charge is -2.25. The molecule has 0 saturated carbocycles. The molecule has 0 aromatic heterocycles. The molecular formula is C12H17N3O2S. The molecule has 0 unspecified atom stereocenters. The van der Waals surface area contributed by atoms with Crippen molar-refractivity contribution in [2.45, 2.75) is 17.4 Å². The van der Waals surface area contributed by atoms with E-state index in [4.69, 9.17) is 5.14 Å². The number of rotatable bonds is 2. The number of nitrogens with zero attached hydrogens (tertiary/aromatic N) is 1. The molecule has 2 aliphatic heterocycles. The van der Waals surface area contributed by atoms with Crippen molar-refractivity contribution < 1.29 is 8.42 Å². The molecule has 1 aromatic rings. The molecule has 2 heterocycles. The summed E-state index contributed by atoms with van der Waals surface area (Å²) in [5, 5.41) is 8.50. The standard InChI is InChI=1S/C12H17N3O2S/c13-18(16,17)11-3-1-10(2-4-11)15-6-5-9-7-14-8-12(9)15/h1-4,9,12,14H,5-8H2,(H2,13,16,17)/t9-,12+/m0/s1. The number of fused-ring (bicyclic) bond motifs is 1. The van der Waals surface area contributed by atoms with Crippen LogP contribution in [0.1, 0.15) is 6.42 Å². The number of hydrogen-bond acceptors (Lipinski definition) is 4. The lowest BCUT2D eigenvalue weighted by atomic mass is 10.1. The van der Waals surface area contributed by atoms with E-state index < -0.39 is 10.0 Å². The molecule has 18 heavy (non-hydrogen) atoms. The van der Waals surface area contributed by atoms with Crippen molar-refractivity contribution in [3.05, 3.63) is 24.3 Å². The number of anilines is 1. The minimum Gasteiger partial charge on any atom is -0.367 e. The van der Waals surface area contributed by atoms with Gasteiger partial charge in [0, 0.05) is 31.4 Å². The molecule has 2 aliphatic rings. The maximum absolute atomic E-state index is 11.2. The van der Waals surface area contributed by atoms with Crippen LogP contribution >= 0.6 is 0 Å². The molecule has 3 N–H and O–H groups in total. The van der Waals surface area contributed by atoms with Crippen LogP contribution in [-0.2, 0) is 10.0 Å². The zero-order valence-electron chi connectivity index (χ0n) is 10.0. The van der Waals surface area contributed by atoms with Gasteiger partial charge in [-0.05, 0) is 36.6 Å². The van der Waals surface area contributed by atoms with Crippen LogP contribution in [-0.4, -0.2) is 34.1 Å². The molecule has 0 radical (unpaired) electrons. The van der Waals surface area contributed by atoms with Crippen molar-refractivity contribution in [3.63, 3.8) is 0 Å². The summed E-state index contributed by atoms with van der Waals surface area (Å²) in [6.45, 7) is 3.16. The summed E-state index contributed by atoms with van der Waals surface area (Å²) in [6, 6.07) is 7.41. The Labute approximate surface area is 107 Å². The average molecular weight is 267 g/mol. The molecule has 1 aromatic carbocycles. The zero-order valence-corrected chi connectivity index (χ0v) is 10.9. The number of hydrogen-bond donors (Lipinski definition) is 2. The average Bonchev–Trinajstić information content (AvgIpc) is 2.89. The molecule has 2 fully saturated rings. The topological polar surface area (TPSA) is 75.4 Å². The van der Waals surface area contributed by atoms with Crippen molar-refractivity contribution in [3.8, 4) is 0 Å². The van der Waals surface area contributed by atoms with E-state index in [1.54, 1.807) is 12.1 Å². The molecule has 0 aliphatic carbocycles. The predicted molar refractivity (Wildman–Crippen MR) is 69.9 cm³/mol. The second-order valence-electron chi connectivity index (χ2n) is 5.01. The maximum atomic E-state index is 11.2. The molecule has 98 valence electrons. The fraction of sp³-hybridized carbons (Fsp3) is 0.500. The normalized spacial score (nSPS) is 27.5. The fourth-order valence-corrected chi connectivity index (χ4v) is 3.51. The molecule has 2 saturated heterocycles. The maximum Gasteiger partial charge on any atom is 0.238 e.